The molecule has 5 heteroatoms. The van der Waals surface area contributed by atoms with Crippen LogP contribution in [0.3, 0.4) is 0 Å². The first-order valence-electron chi connectivity index (χ1n) is 7.33. The molecule has 1 aliphatic rings. The van der Waals surface area contributed by atoms with Crippen LogP contribution in [-0.4, -0.2) is 28.0 Å². The van der Waals surface area contributed by atoms with E-state index in [4.69, 9.17) is 10.7 Å². The Morgan fingerprint density at radius 3 is 2.62 bits per heavy atom. The lowest BCUT2D eigenvalue weighted by molar-refractivity contribution is 0.279. The van der Waals surface area contributed by atoms with Crippen molar-refractivity contribution < 1.29 is 0 Å². The van der Waals surface area contributed by atoms with Crippen molar-refractivity contribution in [3.8, 4) is 11.3 Å². The number of hydrogen-bond acceptors (Lipinski definition) is 5. The molecule has 2 N–H and O–H groups in total. The molecular formula is C16H21N5. The van der Waals surface area contributed by atoms with Gasteiger partial charge in [0.15, 0.2) is 0 Å². The molecule has 2 aromatic rings. The molecule has 1 aliphatic carbocycles. The number of rotatable bonds is 3. The van der Waals surface area contributed by atoms with Gasteiger partial charge in [-0.05, 0) is 43.9 Å². The first-order valence-corrected chi connectivity index (χ1v) is 7.33. The fourth-order valence-electron chi connectivity index (χ4n) is 2.75. The van der Waals surface area contributed by atoms with Crippen molar-refractivity contribution in [2.45, 2.75) is 32.7 Å². The van der Waals surface area contributed by atoms with Crippen LogP contribution in [0.2, 0.25) is 0 Å². The Bertz CT molecular complexity index is 632. The maximum absolute atomic E-state index is 5.64. The second-order valence-electron chi connectivity index (χ2n) is 6.01. The molecule has 2 aromatic heterocycles. The predicted octanol–water partition coefficient (Wildman–Crippen LogP) is 2.66. The highest BCUT2D eigenvalue weighted by Gasteiger charge is 2.30. The minimum Gasteiger partial charge on any atom is -0.384 e. The fraction of sp³-hybridized carbons (Fsp3) is 0.438. The quantitative estimate of drug-likeness (QED) is 0.938. The average molecular weight is 283 g/mol. The Morgan fingerprint density at radius 1 is 1.24 bits per heavy atom. The Hall–Kier alpha value is -2.17. The molecule has 2 heterocycles. The van der Waals surface area contributed by atoms with E-state index in [1.807, 2.05) is 19.1 Å². The van der Waals surface area contributed by atoms with E-state index in [0.29, 0.717) is 11.9 Å². The first-order chi connectivity index (χ1) is 10.0. The van der Waals surface area contributed by atoms with Crippen LogP contribution in [0.15, 0.2) is 24.4 Å². The molecule has 0 spiro atoms. The number of nitrogens with zero attached hydrogens (tertiary/aromatic N) is 4. The number of hydrogen-bond donors (Lipinski definition) is 1. The molecule has 0 unspecified atom stereocenters. The summed E-state index contributed by atoms with van der Waals surface area (Å²) in [4.78, 5) is 15.6. The zero-order valence-corrected chi connectivity index (χ0v) is 12.7. The molecule has 0 aromatic carbocycles. The summed E-state index contributed by atoms with van der Waals surface area (Å²) in [5.41, 5.74) is 8.46. The van der Waals surface area contributed by atoms with E-state index in [0.717, 1.165) is 28.8 Å². The molecule has 0 bridgehead atoms. The molecule has 1 saturated carbocycles. The normalized spacial score (nSPS) is 20.9. The van der Waals surface area contributed by atoms with E-state index < -0.39 is 0 Å². The monoisotopic (exact) mass is 283 g/mol. The van der Waals surface area contributed by atoms with Gasteiger partial charge in [-0.1, -0.05) is 6.92 Å². The van der Waals surface area contributed by atoms with Crippen molar-refractivity contribution >= 4 is 11.8 Å². The topological polar surface area (TPSA) is 67.9 Å². The van der Waals surface area contributed by atoms with Crippen molar-refractivity contribution in [3.05, 3.63) is 30.1 Å². The Balaban J connectivity index is 1.90. The molecule has 3 rings (SSSR count). The van der Waals surface area contributed by atoms with Crippen LogP contribution in [0.25, 0.3) is 11.3 Å². The van der Waals surface area contributed by atoms with E-state index in [1.54, 1.807) is 12.3 Å². The van der Waals surface area contributed by atoms with Gasteiger partial charge in [-0.15, -0.1) is 0 Å². The molecular weight excluding hydrogens is 262 g/mol. The van der Waals surface area contributed by atoms with Gasteiger partial charge in [0, 0.05) is 30.5 Å². The van der Waals surface area contributed by atoms with Gasteiger partial charge < -0.3 is 10.6 Å². The number of nitrogens with two attached hydrogens (primary N) is 1. The smallest absolute Gasteiger partial charge is 0.226 e. The summed E-state index contributed by atoms with van der Waals surface area (Å²) in [5, 5.41) is 0. The van der Waals surface area contributed by atoms with Crippen LogP contribution in [0, 0.1) is 12.8 Å². The van der Waals surface area contributed by atoms with Crippen molar-refractivity contribution in [3.63, 3.8) is 0 Å². The van der Waals surface area contributed by atoms with Gasteiger partial charge in [0.2, 0.25) is 5.95 Å². The fourth-order valence-corrected chi connectivity index (χ4v) is 2.75. The van der Waals surface area contributed by atoms with E-state index in [2.05, 4.69) is 28.8 Å². The van der Waals surface area contributed by atoms with E-state index in [9.17, 15) is 0 Å². The number of pyridine rings is 1. The molecule has 1 fully saturated rings. The Labute approximate surface area is 125 Å². The molecule has 21 heavy (non-hydrogen) atoms. The molecule has 110 valence electrons. The third kappa shape index (κ3) is 2.82. The zero-order chi connectivity index (χ0) is 15.0. The number of nitrogen functional groups attached to an aromatic ring is 1. The van der Waals surface area contributed by atoms with Crippen LogP contribution in [-0.2, 0) is 0 Å². The second-order valence-corrected chi connectivity index (χ2v) is 6.01. The standard InChI is InChI=1S/C16H21N5/c1-10-6-13(7-10)21(3)16-19-11(2)8-14(20-16)12-4-5-15(17)18-9-12/h4-5,8-10,13H,6-7H2,1-3H3,(H2,17,18). The SMILES string of the molecule is Cc1cc(-c2ccc(N)nc2)nc(N(C)C2CC(C)C2)n1. The summed E-state index contributed by atoms with van der Waals surface area (Å²) in [6.07, 6.45) is 4.19. The highest BCUT2D eigenvalue weighted by Crippen LogP contribution is 2.32. The summed E-state index contributed by atoms with van der Waals surface area (Å²) in [6.45, 7) is 4.28. The third-order valence-electron chi connectivity index (χ3n) is 4.14. The van der Waals surface area contributed by atoms with Gasteiger partial charge in [0.25, 0.3) is 0 Å². The van der Waals surface area contributed by atoms with Gasteiger partial charge in [-0.3, -0.25) is 0 Å². The molecule has 0 amide bonds. The highest BCUT2D eigenvalue weighted by atomic mass is 15.3. The Morgan fingerprint density at radius 2 is 2.00 bits per heavy atom. The van der Waals surface area contributed by atoms with Gasteiger partial charge >= 0.3 is 0 Å². The maximum atomic E-state index is 5.64. The maximum Gasteiger partial charge on any atom is 0.226 e. The second kappa shape index (κ2) is 5.31. The van der Waals surface area contributed by atoms with Crippen molar-refractivity contribution in [2.75, 3.05) is 17.7 Å². The van der Waals surface area contributed by atoms with E-state index in [1.165, 1.54) is 12.8 Å². The van der Waals surface area contributed by atoms with Crippen molar-refractivity contribution in [1.82, 2.24) is 15.0 Å². The van der Waals surface area contributed by atoms with Crippen molar-refractivity contribution in [1.29, 1.82) is 0 Å². The van der Waals surface area contributed by atoms with Crippen molar-refractivity contribution in [2.24, 2.45) is 5.92 Å². The third-order valence-corrected chi connectivity index (χ3v) is 4.14. The minimum absolute atomic E-state index is 0.519. The average Bonchev–Trinajstić information content (AvgIpc) is 2.43. The lowest BCUT2D eigenvalue weighted by Gasteiger charge is -2.39. The Kier molecular flexibility index (Phi) is 3.49. The summed E-state index contributed by atoms with van der Waals surface area (Å²) >= 11 is 0. The number of anilines is 2. The predicted molar refractivity (Wildman–Crippen MR) is 85.0 cm³/mol. The first kappa shape index (κ1) is 13.8. The minimum atomic E-state index is 0.519. The summed E-state index contributed by atoms with van der Waals surface area (Å²) in [5.74, 6) is 2.12. The molecule has 0 aliphatic heterocycles. The molecule has 5 nitrogen and oxygen atoms in total. The number of aryl methyl sites for hydroxylation is 1. The van der Waals surface area contributed by atoms with E-state index in [-0.39, 0.29) is 0 Å². The van der Waals surface area contributed by atoms with Gasteiger partial charge in [-0.25, -0.2) is 15.0 Å². The van der Waals surface area contributed by atoms with Crippen LogP contribution in [0.4, 0.5) is 11.8 Å². The molecule has 0 radical (unpaired) electrons. The van der Waals surface area contributed by atoms with Crippen LogP contribution in [0.5, 0.6) is 0 Å². The van der Waals surface area contributed by atoms with Gasteiger partial charge in [0.1, 0.15) is 5.82 Å². The highest BCUT2D eigenvalue weighted by molar-refractivity contribution is 5.61. The van der Waals surface area contributed by atoms with Crippen LogP contribution >= 0.6 is 0 Å². The summed E-state index contributed by atoms with van der Waals surface area (Å²) in [7, 11) is 2.08. The molecule has 0 saturated heterocycles. The number of aromatic nitrogens is 3. The van der Waals surface area contributed by atoms with Gasteiger partial charge in [-0.2, -0.15) is 0 Å². The van der Waals surface area contributed by atoms with Crippen LogP contribution < -0.4 is 10.6 Å². The van der Waals surface area contributed by atoms with E-state index >= 15 is 0 Å². The van der Waals surface area contributed by atoms with Crippen LogP contribution in [0.1, 0.15) is 25.5 Å². The lowest BCUT2D eigenvalue weighted by Crippen LogP contribution is -2.42. The lowest BCUT2D eigenvalue weighted by atomic mass is 9.81. The largest absolute Gasteiger partial charge is 0.384 e. The summed E-state index contributed by atoms with van der Waals surface area (Å²) < 4.78 is 0. The summed E-state index contributed by atoms with van der Waals surface area (Å²) in [6, 6.07) is 6.27. The van der Waals surface area contributed by atoms with Gasteiger partial charge in [0.05, 0.1) is 5.69 Å². The molecule has 0 atom stereocenters. The zero-order valence-electron chi connectivity index (χ0n) is 12.7.